The van der Waals surface area contributed by atoms with E-state index in [4.69, 9.17) is 9.68 Å². The molecule has 0 aliphatic heterocycles. The number of carbonyl (C=O) groups is 1. The SMILES string of the molecule is N#Cc1oc2ccccc2c1NC(=O)CSc1nncs1. The summed E-state index contributed by atoms with van der Waals surface area (Å²) in [5.41, 5.74) is 2.59. The highest BCUT2D eigenvalue weighted by molar-refractivity contribution is 8.01. The molecule has 0 unspecified atom stereocenters. The third-order valence-electron chi connectivity index (χ3n) is 2.63. The maximum Gasteiger partial charge on any atom is 0.234 e. The third kappa shape index (κ3) is 2.89. The van der Waals surface area contributed by atoms with E-state index in [-0.39, 0.29) is 17.4 Å². The number of amides is 1. The Morgan fingerprint density at radius 1 is 1.48 bits per heavy atom. The number of anilines is 1. The molecule has 8 heteroatoms. The summed E-state index contributed by atoms with van der Waals surface area (Å²) in [6.07, 6.45) is 0. The minimum atomic E-state index is -0.224. The Morgan fingerprint density at radius 3 is 3.10 bits per heavy atom. The number of aromatic nitrogens is 2. The summed E-state index contributed by atoms with van der Waals surface area (Å²) >= 11 is 2.67. The number of nitrogens with zero attached hydrogens (tertiary/aromatic N) is 3. The molecular formula is C13H8N4O2S2. The van der Waals surface area contributed by atoms with Crippen molar-refractivity contribution in [1.82, 2.24) is 10.2 Å². The number of thioether (sulfide) groups is 1. The van der Waals surface area contributed by atoms with Gasteiger partial charge in [0, 0.05) is 5.39 Å². The van der Waals surface area contributed by atoms with Crippen molar-refractivity contribution in [2.75, 3.05) is 11.1 Å². The summed E-state index contributed by atoms with van der Waals surface area (Å²) in [6.45, 7) is 0. The fourth-order valence-electron chi connectivity index (χ4n) is 1.78. The zero-order valence-corrected chi connectivity index (χ0v) is 12.2. The Balaban J connectivity index is 1.78. The first-order chi connectivity index (χ1) is 10.3. The standard InChI is InChI=1S/C13H8N4O2S2/c14-5-10-12(8-3-1-2-4-9(8)19-10)16-11(18)6-20-13-17-15-7-21-13/h1-4,7H,6H2,(H,16,18). The number of rotatable bonds is 4. The maximum absolute atomic E-state index is 12.0. The van der Waals surface area contributed by atoms with Crippen molar-refractivity contribution in [3.05, 3.63) is 35.5 Å². The lowest BCUT2D eigenvalue weighted by atomic mass is 10.2. The van der Waals surface area contributed by atoms with Gasteiger partial charge in [0.05, 0.1) is 5.75 Å². The molecule has 0 radical (unpaired) electrons. The van der Waals surface area contributed by atoms with Crippen LogP contribution < -0.4 is 5.32 Å². The van der Waals surface area contributed by atoms with E-state index in [0.717, 1.165) is 4.34 Å². The number of benzene rings is 1. The van der Waals surface area contributed by atoms with Crippen LogP contribution in [-0.2, 0) is 4.79 Å². The molecule has 0 atom stereocenters. The molecule has 1 amide bonds. The van der Waals surface area contributed by atoms with Crippen LogP contribution in [-0.4, -0.2) is 21.9 Å². The molecule has 3 rings (SSSR count). The fraction of sp³-hybridized carbons (Fsp3) is 0.0769. The van der Waals surface area contributed by atoms with Gasteiger partial charge in [0.15, 0.2) is 4.34 Å². The molecule has 6 nitrogen and oxygen atoms in total. The van der Waals surface area contributed by atoms with E-state index in [9.17, 15) is 4.79 Å². The van der Waals surface area contributed by atoms with Crippen molar-refractivity contribution in [1.29, 1.82) is 5.26 Å². The Kier molecular flexibility index (Phi) is 3.85. The monoisotopic (exact) mass is 316 g/mol. The number of carbonyl (C=O) groups excluding carboxylic acids is 1. The quantitative estimate of drug-likeness (QED) is 0.744. The van der Waals surface area contributed by atoms with E-state index in [1.807, 2.05) is 18.2 Å². The smallest absolute Gasteiger partial charge is 0.234 e. The molecule has 0 saturated carbocycles. The first-order valence-corrected chi connectivity index (χ1v) is 7.75. The predicted molar refractivity (Wildman–Crippen MR) is 80.2 cm³/mol. The van der Waals surface area contributed by atoms with Crippen LogP contribution in [0.25, 0.3) is 11.0 Å². The molecule has 0 fully saturated rings. The second-order valence-corrected chi connectivity index (χ2v) is 6.01. The highest BCUT2D eigenvalue weighted by Crippen LogP contribution is 2.30. The van der Waals surface area contributed by atoms with Crippen LogP contribution in [0.5, 0.6) is 0 Å². The Morgan fingerprint density at radius 2 is 2.33 bits per heavy atom. The van der Waals surface area contributed by atoms with Crippen molar-refractivity contribution in [2.24, 2.45) is 0 Å². The minimum absolute atomic E-state index is 0.102. The number of nitriles is 1. The zero-order chi connectivity index (χ0) is 14.7. The first kappa shape index (κ1) is 13.6. The second kappa shape index (κ2) is 5.95. The molecule has 3 aromatic rings. The van der Waals surface area contributed by atoms with Crippen molar-refractivity contribution >= 4 is 45.7 Å². The topological polar surface area (TPSA) is 91.8 Å². The molecule has 0 spiro atoms. The molecule has 0 saturated heterocycles. The van der Waals surface area contributed by atoms with Gasteiger partial charge in [0.2, 0.25) is 11.7 Å². The van der Waals surface area contributed by atoms with Crippen LogP contribution >= 0.6 is 23.1 Å². The van der Waals surface area contributed by atoms with Gasteiger partial charge in [-0.05, 0) is 12.1 Å². The van der Waals surface area contributed by atoms with E-state index >= 15 is 0 Å². The van der Waals surface area contributed by atoms with Gasteiger partial charge < -0.3 is 9.73 Å². The van der Waals surface area contributed by atoms with Gasteiger partial charge in [-0.25, -0.2) is 0 Å². The molecule has 104 valence electrons. The third-order valence-corrected chi connectivity index (χ3v) is 4.49. The number of fused-ring (bicyclic) bond motifs is 1. The van der Waals surface area contributed by atoms with Gasteiger partial charge in [-0.1, -0.05) is 35.2 Å². The molecule has 2 heterocycles. The van der Waals surface area contributed by atoms with Crippen LogP contribution in [0.2, 0.25) is 0 Å². The molecule has 0 aliphatic rings. The molecule has 21 heavy (non-hydrogen) atoms. The van der Waals surface area contributed by atoms with Crippen molar-refractivity contribution in [2.45, 2.75) is 4.34 Å². The largest absolute Gasteiger partial charge is 0.443 e. The van der Waals surface area contributed by atoms with Gasteiger partial charge >= 0.3 is 0 Å². The lowest BCUT2D eigenvalue weighted by Gasteiger charge is -2.02. The maximum atomic E-state index is 12.0. The van der Waals surface area contributed by atoms with Gasteiger partial charge in [-0.2, -0.15) is 5.26 Å². The number of para-hydroxylation sites is 1. The van der Waals surface area contributed by atoms with Gasteiger partial charge in [-0.15, -0.1) is 10.2 Å². The number of hydrogen-bond donors (Lipinski definition) is 1. The number of furan rings is 1. The van der Waals surface area contributed by atoms with E-state index in [1.165, 1.54) is 23.1 Å². The van der Waals surface area contributed by atoms with Gasteiger partial charge in [-0.3, -0.25) is 4.79 Å². The summed E-state index contributed by atoms with van der Waals surface area (Å²) in [5.74, 6) is 0.0725. The normalized spacial score (nSPS) is 10.4. The van der Waals surface area contributed by atoms with E-state index in [1.54, 1.807) is 17.6 Å². The first-order valence-electron chi connectivity index (χ1n) is 5.88. The summed E-state index contributed by atoms with van der Waals surface area (Å²) in [5, 5.41) is 20.1. The van der Waals surface area contributed by atoms with Crippen LogP contribution in [0.1, 0.15) is 5.76 Å². The van der Waals surface area contributed by atoms with Gasteiger partial charge in [0.1, 0.15) is 22.9 Å². The average Bonchev–Trinajstić information content (AvgIpc) is 3.13. The molecule has 0 bridgehead atoms. The summed E-state index contributed by atoms with van der Waals surface area (Å²) in [6, 6.07) is 9.14. The zero-order valence-electron chi connectivity index (χ0n) is 10.6. The van der Waals surface area contributed by atoms with Crippen LogP contribution in [0.15, 0.2) is 38.5 Å². The number of hydrogen-bond acceptors (Lipinski definition) is 7. The molecular weight excluding hydrogens is 308 g/mol. The van der Waals surface area contributed by atoms with Crippen LogP contribution in [0.4, 0.5) is 5.69 Å². The lowest BCUT2D eigenvalue weighted by molar-refractivity contribution is -0.113. The second-order valence-electron chi connectivity index (χ2n) is 3.96. The fourth-order valence-corrected chi connectivity index (χ4v) is 3.07. The highest BCUT2D eigenvalue weighted by atomic mass is 32.2. The van der Waals surface area contributed by atoms with E-state index in [2.05, 4.69) is 15.5 Å². The summed E-state index contributed by atoms with van der Waals surface area (Å²) in [4.78, 5) is 12.0. The lowest BCUT2D eigenvalue weighted by Crippen LogP contribution is -2.14. The molecule has 1 N–H and O–H groups in total. The van der Waals surface area contributed by atoms with Crippen LogP contribution in [0.3, 0.4) is 0 Å². The molecule has 2 aromatic heterocycles. The van der Waals surface area contributed by atoms with E-state index < -0.39 is 0 Å². The predicted octanol–water partition coefficient (Wildman–Crippen LogP) is 2.89. The number of nitrogens with one attached hydrogen (secondary N) is 1. The Labute approximate surface area is 127 Å². The highest BCUT2D eigenvalue weighted by Gasteiger charge is 2.16. The van der Waals surface area contributed by atoms with Crippen molar-refractivity contribution < 1.29 is 9.21 Å². The van der Waals surface area contributed by atoms with Crippen LogP contribution in [0, 0.1) is 11.3 Å². The van der Waals surface area contributed by atoms with Crippen molar-refractivity contribution in [3.63, 3.8) is 0 Å². The Hall–Kier alpha value is -2.37. The Bertz CT molecular complexity index is 820. The van der Waals surface area contributed by atoms with Crippen molar-refractivity contribution in [3.8, 4) is 6.07 Å². The van der Waals surface area contributed by atoms with Gasteiger partial charge in [0.25, 0.3) is 0 Å². The average molecular weight is 316 g/mol. The van der Waals surface area contributed by atoms with E-state index in [0.29, 0.717) is 16.7 Å². The summed E-state index contributed by atoms with van der Waals surface area (Å²) in [7, 11) is 0. The minimum Gasteiger partial charge on any atom is -0.443 e. The summed E-state index contributed by atoms with van der Waals surface area (Å²) < 4.78 is 6.12. The molecule has 0 aliphatic carbocycles. The molecule has 1 aromatic carbocycles.